The smallest absolute Gasteiger partial charge is 0.338 e. The van der Waals surface area contributed by atoms with Crippen molar-refractivity contribution >= 4 is 11.8 Å². The van der Waals surface area contributed by atoms with E-state index in [1.165, 1.54) is 0 Å². The van der Waals surface area contributed by atoms with Crippen LogP contribution in [-0.2, 0) is 16.0 Å². The Bertz CT molecular complexity index is 451. The van der Waals surface area contributed by atoms with Gasteiger partial charge in [0.1, 0.15) is 5.78 Å². The molecule has 1 aliphatic rings. The Kier molecular flexibility index (Phi) is 4.13. The molecule has 0 amide bonds. The van der Waals surface area contributed by atoms with E-state index in [0.717, 1.165) is 18.4 Å². The van der Waals surface area contributed by atoms with Crippen molar-refractivity contribution in [3.8, 4) is 0 Å². The van der Waals surface area contributed by atoms with Gasteiger partial charge in [0.2, 0.25) is 0 Å². The summed E-state index contributed by atoms with van der Waals surface area (Å²) in [5.74, 6) is 0.118. The van der Waals surface area contributed by atoms with Crippen LogP contribution in [0.1, 0.15) is 42.1 Å². The molecule has 0 bridgehead atoms. The van der Waals surface area contributed by atoms with E-state index in [1.807, 2.05) is 18.2 Å². The van der Waals surface area contributed by atoms with Crippen molar-refractivity contribution in [1.82, 2.24) is 0 Å². The standard InChI is InChI=1S/C15H18O3/c1-2-18-15(17)13-8-4-3-6-11(13)10-12-7-5-9-14(12)16/h3-4,6,8,12H,2,5,7,9-10H2,1H3. The summed E-state index contributed by atoms with van der Waals surface area (Å²) in [5, 5.41) is 0. The number of benzene rings is 1. The van der Waals surface area contributed by atoms with Crippen LogP contribution in [0.15, 0.2) is 24.3 Å². The molecule has 1 aliphatic carbocycles. The van der Waals surface area contributed by atoms with Gasteiger partial charge < -0.3 is 4.74 Å². The number of esters is 1. The van der Waals surface area contributed by atoms with Crippen LogP contribution in [0.25, 0.3) is 0 Å². The molecule has 0 spiro atoms. The van der Waals surface area contributed by atoms with Gasteiger partial charge in [0.05, 0.1) is 12.2 Å². The minimum absolute atomic E-state index is 0.0839. The Hall–Kier alpha value is -1.64. The zero-order valence-corrected chi connectivity index (χ0v) is 10.6. The number of carbonyl (C=O) groups is 2. The van der Waals surface area contributed by atoms with Gasteiger partial charge in [-0.05, 0) is 37.8 Å². The number of ketones is 1. The lowest BCUT2D eigenvalue weighted by atomic mass is 9.94. The highest BCUT2D eigenvalue weighted by molar-refractivity contribution is 5.91. The van der Waals surface area contributed by atoms with Gasteiger partial charge in [-0.1, -0.05) is 18.2 Å². The molecule has 1 aromatic carbocycles. The van der Waals surface area contributed by atoms with E-state index in [0.29, 0.717) is 30.8 Å². The molecule has 3 heteroatoms. The second-order valence-corrected chi connectivity index (χ2v) is 4.64. The van der Waals surface area contributed by atoms with Crippen molar-refractivity contribution in [3.05, 3.63) is 35.4 Å². The summed E-state index contributed by atoms with van der Waals surface area (Å²) in [6.45, 7) is 2.16. The van der Waals surface area contributed by atoms with Crippen molar-refractivity contribution in [2.75, 3.05) is 6.61 Å². The molecule has 0 aliphatic heterocycles. The lowest BCUT2D eigenvalue weighted by molar-refractivity contribution is -0.120. The van der Waals surface area contributed by atoms with Gasteiger partial charge in [0.25, 0.3) is 0 Å². The summed E-state index contributed by atoms with van der Waals surface area (Å²) in [6, 6.07) is 7.41. The monoisotopic (exact) mass is 246 g/mol. The number of hydrogen-bond donors (Lipinski definition) is 0. The Morgan fingerprint density at radius 3 is 2.83 bits per heavy atom. The summed E-state index contributed by atoms with van der Waals surface area (Å²) in [7, 11) is 0. The molecule has 0 N–H and O–H groups in total. The maximum Gasteiger partial charge on any atom is 0.338 e. The molecule has 3 nitrogen and oxygen atoms in total. The minimum atomic E-state index is -0.293. The lowest BCUT2D eigenvalue weighted by Gasteiger charge is -2.12. The molecule has 18 heavy (non-hydrogen) atoms. The largest absolute Gasteiger partial charge is 0.462 e. The van der Waals surface area contributed by atoms with E-state index in [9.17, 15) is 9.59 Å². The van der Waals surface area contributed by atoms with Crippen molar-refractivity contribution in [2.45, 2.75) is 32.6 Å². The molecule has 0 saturated heterocycles. The van der Waals surface area contributed by atoms with Gasteiger partial charge in [-0.25, -0.2) is 4.79 Å². The Morgan fingerprint density at radius 1 is 1.39 bits per heavy atom. The van der Waals surface area contributed by atoms with Crippen LogP contribution in [0.3, 0.4) is 0 Å². The molecule has 96 valence electrons. The maximum atomic E-state index is 11.8. The number of hydrogen-bond acceptors (Lipinski definition) is 3. The molecule has 1 fully saturated rings. The summed E-state index contributed by atoms with van der Waals surface area (Å²) in [4.78, 5) is 23.5. The fourth-order valence-electron chi connectivity index (χ4n) is 2.48. The average molecular weight is 246 g/mol. The molecule has 2 rings (SSSR count). The third-order valence-electron chi connectivity index (χ3n) is 3.41. The fourth-order valence-corrected chi connectivity index (χ4v) is 2.48. The van der Waals surface area contributed by atoms with E-state index in [1.54, 1.807) is 13.0 Å². The number of carbonyl (C=O) groups excluding carboxylic acids is 2. The molecule has 1 aromatic rings. The first-order chi connectivity index (χ1) is 8.72. The van der Waals surface area contributed by atoms with Crippen LogP contribution in [0.5, 0.6) is 0 Å². The topological polar surface area (TPSA) is 43.4 Å². The van der Waals surface area contributed by atoms with E-state index < -0.39 is 0 Å². The van der Waals surface area contributed by atoms with Crippen LogP contribution in [0.2, 0.25) is 0 Å². The third-order valence-corrected chi connectivity index (χ3v) is 3.41. The fraction of sp³-hybridized carbons (Fsp3) is 0.467. The second-order valence-electron chi connectivity index (χ2n) is 4.64. The Balaban J connectivity index is 2.16. The molecule has 1 atom stereocenters. The van der Waals surface area contributed by atoms with Gasteiger partial charge in [0.15, 0.2) is 0 Å². The van der Waals surface area contributed by atoms with Gasteiger partial charge in [-0.15, -0.1) is 0 Å². The van der Waals surface area contributed by atoms with Crippen LogP contribution in [0, 0.1) is 5.92 Å². The van der Waals surface area contributed by atoms with Crippen LogP contribution in [-0.4, -0.2) is 18.4 Å². The number of rotatable bonds is 4. The first kappa shape index (κ1) is 12.8. The average Bonchev–Trinajstić information content (AvgIpc) is 2.76. The van der Waals surface area contributed by atoms with Gasteiger partial charge >= 0.3 is 5.97 Å². The molecule has 1 unspecified atom stereocenters. The van der Waals surface area contributed by atoms with Gasteiger partial charge in [0, 0.05) is 12.3 Å². The quantitative estimate of drug-likeness (QED) is 0.767. The maximum absolute atomic E-state index is 11.8. The lowest BCUT2D eigenvalue weighted by Crippen LogP contribution is -2.14. The van der Waals surface area contributed by atoms with Crippen molar-refractivity contribution in [1.29, 1.82) is 0 Å². The van der Waals surface area contributed by atoms with Crippen LogP contribution in [0.4, 0.5) is 0 Å². The number of Topliss-reactive ketones (excluding diaryl/α,β-unsaturated/α-hetero) is 1. The second kappa shape index (κ2) is 5.80. The normalized spacial score (nSPS) is 18.9. The zero-order chi connectivity index (χ0) is 13.0. The van der Waals surface area contributed by atoms with E-state index in [2.05, 4.69) is 0 Å². The van der Waals surface area contributed by atoms with Crippen LogP contribution >= 0.6 is 0 Å². The highest BCUT2D eigenvalue weighted by atomic mass is 16.5. The first-order valence-corrected chi connectivity index (χ1v) is 6.50. The molecule has 0 heterocycles. The zero-order valence-electron chi connectivity index (χ0n) is 10.6. The summed E-state index contributed by atoms with van der Waals surface area (Å²) in [6.07, 6.45) is 3.27. The molecule has 1 saturated carbocycles. The van der Waals surface area contributed by atoms with Gasteiger partial charge in [-0.2, -0.15) is 0 Å². The molecule has 0 aromatic heterocycles. The Morgan fingerprint density at radius 2 is 2.17 bits per heavy atom. The van der Waals surface area contributed by atoms with E-state index in [4.69, 9.17) is 4.74 Å². The third kappa shape index (κ3) is 2.78. The number of ether oxygens (including phenoxy) is 1. The summed E-state index contributed by atoms with van der Waals surface area (Å²) < 4.78 is 5.04. The van der Waals surface area contributed by atoms with Crippen molar-refractivity contribution < 1.29 is 14.3 Å². The van der Waals surface area contributed by atoms with Crippen molar-refractivity contribution in [3.63, 3.8) is 0 Å². The van der Waals surface area contributed by atoms with E-state index in [-0.39, 0.29) is 11.9 Å². The predicted octanol–water partition coefficient (Wildman–Crippen LogP) is 2.78. The highest BCUT2D eigenvalue weighted by Gasteiger charge is 2.26. The molecular formula is C15H18O3. The SMILES string of the molecule is CCOC(=O)c1ccccc1CC1CCCC1=O. The first-order valence-electron chi connectivity index (χ1n) is 6.50. The van der Waals surface area contributed by atoms with Crippen LogP contribution < -0.4 is 0 Å². The Labute approximate surface area is 107 Å². The highest BCUT2D eigenvalue weighted by Crippen LogP contribution is 2.26. The van der Waals surface area contributed by atoms with E-state index >= 15 is 0 Å². The van der Waals surface area contributed by atoms with Gasteiger partial charge in [-0.3, -0.25) is 4.79 Å². The summed E-state index contributed by atoms with van der Waals surface area (Å²) >= 11 is 0. The predicted molar refractivity (Wildman–Crippen MR) is 68.5 cm³/mol. The molecule has 0 radical (unpaired) electrons. The molecular weight excluding hydrogens is 228 g/mol. The van der Waals surface area contributed by atoms with Crippen molar-refractivity contribution in [2.24, 2.45) is 5.92 Å². The minimum Gasteiger partial charge on any atom is -0.462 e. The summed E-state index contributed by atoms with van der Waals surface area (Å²) in [5.41, 5.74) is 1.52.